The number of nitrogens with zero attached hydrogens (tertiary/aromatic N) is 1. The van der Waals surface area contributed by atoms with Crippen molar-refractivity contribution in [3.63, 3.8) is 0 Å². The van der Waals surface area contributed by atoms with Crippen LogP contribution in [-0.4, -0.2) is 18.8 Å². The zero-order chi connectivity index (χ0) is 13.7. The molecule has 0 spiro atoms. The van der Waals surface area contributed by atoms with E-state index in [0.717, 1.165) is 24.8 Å². The second-order valence-corrected chi connectivity index (χ2v) is 4.00. The summed E-state index contributed by atoms with van der Waals surface area (Å²) in [6, 6.07) is 8.09. The lowest BCUT2D eigenvalue weighted by Crippen LogP contribution is -2.28. The topological polar surface area (TPSA) is 24.4 Å². The Bertz CT molecular complexity index is 539. The Balaban J connectivity index is 1.98. The van der Waals surface area contributed by atoms with Gasteiger partial charge in [0.25, 0.3) is 0 Å². The fraction of sp³-hybridized carbons (Fsp3) is 0.462. The summed E-state index contributed by atoms with van der Waals surface area (Å²) in [5.41, 5.74) is 2.41. The van der Waals surface area contributed by atoms with E-state index in [1.807, 2.05) is 18.2 Å². The number of aryl methyl sites for hydroxylation is 1. The number of aliphatic imine (C=N–C) groups is 1. The highest BCUT2D eigenvalue weighted by molar-refractivity contribution is 5.90. The predicted molar refractivity (Wildman–Crippen MR) is 62.4 cm³/mol. The van der Waals surface area contributed by atoms with E-state index in [1.54, 1.807) is 0 Å². The van der Waals surface area contributed by atoms with Gasteiger partial charge in [-0.15, -0.1) is 0 Å². The molecule has 1 aliphatic carbocycles. The molecule has 0 aromatic heterocycles. The molecule has 0 radical (unpaired) electrons. The van der Waals surface area contributed by atoms with Gasteiger partial charge in [-0.2, -0.15) is 0 Å². The third-order valence-corrected chi connectivity index (χ3v) is 3.12. The van der Waals surface area contributed by atoms with Crippen molar-refractivity contribution in [2.45, 2.75) is 25.2 Å². The molecule has 3 rings (SSSR count). The van der Waals surface area contributed by atoms with Gasteiger partial charge in [-0.3, -0.25) is 4.99 Å². The highest BCUT2D eigenvalue weighted by Crippen LogP contribution is 2.32. The summed E-state index contributed by atoms with van der Waals surface area (Å²) in [6.45, 7) is -4.33. The summed E-state index contributed by atoms with van der Waals surface area (Å²) in [6.07, 6.45) is 2.93. The molecular formula is C13H16N2. The third kappa shape index (κ3) is 1.54. The van der Waals surface area contributed by atoms with E-state index in [-0.39, 0.29) is 5.92 Å². The molecule has 1 N–H and O–H groups in total. The maximum Gasteiger partial charge on any atom is 0.104 e. The fourth-order valence-electron chi connectivity index (χ4n) is 2.41. The smallest absolute Gasteiger partial charge is 0.104 e. The van der Waals surface area contributed by atoms with Gasteiger partial charge in [-0.1, -0.05) is 24.3 Å². The summed E-state index contributed by atoms with van der Waals surface area (Å²) in [7, 11) is 0. The molecule has 1 heterocycles. The second kappa shape index (κ2) is 3.69. The van der Waals surface area contributed by atoms with Gasteiger partial charge in [0.15, 0.2) is 0 Å². The van der Waals surface area contributed by atoms with Gasteiger partial charge in [-0.25, -0.2) is 0 Å². The predicted octanol–water partition coefficient (Wildman–Crippen LogP) is 2.11. The summed E-state index contributed by atoms with van der Waals surface area (Å²) in [4.78, 5) is 3.96. The molecule has 0 bridgehead atoms. The van der Waals surface area contributed by atoms with E-state index < -0.39 is 13.0 Å². The van der Waals surface area contributed by atoms with Crippen molar-refractivity contribution in [2.24, 2.45) is 4.99 Å². The molecular weight excluding hydrogens is 184 g/mol. The number of hydrogen-bond donors (Lipinski definition) is 1. The van der Waals surface area contributed by atoms with Crippen LogP contribution in [0.5, 0.6) is 0 Å². The van der Waals surface area contributed by atoms with E-state index in [1.165, 1.54) is 5.56 Å². The van der Waals surface area contributed by atoms with Crippen molar-refractivity contribution in [3.05, 3.63) is 35.4 Å². The van der Waals surface area contributed by atoms with E-state index in [2.05, 4.69) is 16.4 Å². The molecule has 0 fully saturated rings. The Hall–Kier alpha value is -1.31. The normalized spacial score (nSPS) is 34.9. The molecule has 1 aromatic carbocycles. The number of rotatable bonds is 1. The van der Waals surface area contributed by atoms with Crippen LogP contribution in [0.15, 0.2) is 29.3 Å². The molecule has 1 aromatic rings. The minimum atomic E-state index is -2.20. The summed E-state index contributed by atoms with van der Waals surface area (Å²) in [5, 5.41) is 2.64. The molecule has 15 heavy (non-hydrogen) atoms. The van der Waals surface area contributed by atoms with Crippen LogP contribution in [0.1, 0.15) is 35.4 Å². The van der Waals surface area contributed by atoms with Crippen LogP contribution in [0, 0.1) is 0 Å². The Morgan fingerprint density at radius 3 is 3.20 bits per heavy atom. The average molecular weight is 204 g/mol. The Kier molecular flexibility index (Phi) is 1.40. The Morgan fingerprint density at radius 2 is 2.33 bits per heavy atom. The van der Waals surface area contributed by atoms with Crippen molar-refractivity contribution < 1.29 is 5.48 Å². The Morgan fingerprint density at radius 1 is 1.40 bits per heavy atom. The first-order chi connectivity index (χ1) is 8.91. The van der Waals surface area contributed by atoms with Gasteiger partial charge in [0.2, 0.25) is 0 Å². The molecule has 1 unspecified atom stereocenters. The standard InChI is InChI=1S/C13H16N2/c1-2-6-11-10(4-1)5-3-7-12(11)13-14-8-9-15-13/h1-2,4,6,12H,3,5,7-9H2,(H,14,15)/i8D2,9D2. The number of fused-ring (bicyclic) bond motifs is 1. The largest absolute Gasteiger partial charge is 0.371 e. The molecule has 2 nitrogen and oxygen atoms in total. The summed E-state index contributed by atoms with van der Waals surface area (Å²) in [5.74, 6) is 0.430. The molecule has 2 heteroatoms. The highest BCUT2D eigenvalue weighted by atomic mass is 15.1. The van der Waals surface area contributed by atoms with Gasteiger partial charge < -0.3 is 5.32 Å². The summed E-state index contributed by atoms with van der Waals surface area (Å²) < 4.78 is 30.7. The number of nitrogens with one attached hydrogen (secondary N) is 1. The molecule has 0 saturated heterocycles. The van der Waals surface area contributed by atoms with Gasteiger partial charge in [0, 0.05) is 12.4 Å². The second-order valence-electron chi connectivity index (χ2n) is 4.00. The lowest BCUT2D eigenvalue weighted by molar-refractivity contribution is 0.641. The van der Waals surface area contributed by atoms with Crippen molar-refractivity contribution in [2.75, 3.05) is 13.0 Å². The van der Waals surface area contributed by atoms with Crippen LogP contribution in [0.2, 0.25) is 0 Å². The van der Waals surface area contributed by atoms with E-state index >= 15 is 0 Å². The zero-order valence-electron chi connectivity index (χ0n) is 12.5. The maximum atomic E-state index is 7.69. The SMILES string of the molecule is [2H]C1([2H])N=C(C2CCCc3ccccc32)NC1([2H])[2H]. The number of amidine groups is 1. The van der Waals surface area contributed by atoms with Crippen LogP contribution in [0.25, 0.3) is 0 Å². The molecule has 1 aliphatic heterocycles. The first kappa shape index (κ1) is 5.69. The first-order valence-electron chi connectivity index (χ1n) is 7.36. The molecule has 0 saturated carbocycles. The molecule has 78 valence electrons. The quantitative estimate of drug-likeness (QED) is 0.744. The number of hydrogen-bond acceptors (Lipinski definition) is 2. The maximum absolute atomic E-state index is 7.69. The lowest BCUT2D eigenvalue weighted by Gasteiger charge is -2.25. The Labute approximate surface area is 96.0 Å². The lowest BCUT2D eigenvalue weighted by atomic mass is 9.82. The minimum absolute atomic E-state index is 0.0161. The van der Waals surface area contributed by atoms with E-state index in [9.17, 15) is 0 Å². The van der Waals surface area contributed by atoms with Crippen LogP contribution in [0.4, 0.5) is 0 Å². The number of benzene rings is 1. The fourth-order valence-corrected chi connectivity index (χ4v) is 2.41. The van der Waals surface area contributed by atoms with Gasteiger partial charge in [0.05, 0.1) is 12.0 Å². The highest BCUT2D eigenvalue weighted by Gasteiger charge is 2.25. The van der Waals surface area contributed by atoms with Crippen LogP contribution >= 0.6 is 0 Å². The van der Waals surface area contributed by atoms with E-state index in [4.69, 9.17) is 5.48 Å². The van der Waals surface area contributed by atoms with E-state index in [0.29, 0.717) is 5.84 Å². The average Bonchev–Trinajstić information content (AvgIpc) is 2.58. The van der Waals surface area contributed by atoms with Gasteiger partial charge in [0.1, 0.15) is 5.84 Å². The molecule has 2 aliphatic rings. The first-order valence-corrected chi connectivity index (χ1v) is 5.36. The van der Waals surface area contributed by atoms with Crippen LogP contribution in [0.3, 0.4) is 0 Å². The summed E-state index contributed by atoms with van der Waals surface area (Å²) >= 11 is 0. The van der Waals surface area contributed by atoms with Crippen LogP contribution in [-0.2, 0) is 6.42 Å². The minimum Gasteiger partial charge on any atom is -0.371 e. The molecule has 1 atom stereocenters. The van der Waals surface area contributed by atoms with Crippen LogP contribution < -0.4 is 5.32 Å². The van der Waals surface area contributed by atoms with Crippen molar-refractivity contribution in [1.29, 1.82) is 0 Å². The van der Waals surface area contributed by atoms with Gasteiger partial charge in [-0.05, 0) is 30.4 Å². The van der Waals surface area contributed by atoms with Crippen molar-refractivity contribution in [1.82, 2.24) is 5.32 Å². The van der Waals surface area contributed by atoms with Crippen molar-refractivity contribution in [3.8, 4) is 0 Å². The monoisotopic (exact) mass is 204 g/mol. The van der Waals surface area contributed by atoms with Gasteiger partial charge >= 0.3 is 0 Å². The zero-order valence-corrected chi connectivity index (χ0v) is 8.46. The van der Waals surface area contributed by atoms with Crippen molar-refractivity contribution >= 4 is 5.84 Å². The molecule has 0 amide bonds. The third-order valence-electron chi connectivity index (χ3n) is 3.12.